The Hall–Kier alpha value is -2.82. The fraction of sp³-hybridized carbons (Fsp3) is 0.222. The van der Waals surface area contributed by atoms with E-state index in [0.717, 1.165) is 5.56 Å². The van der Waals surface area contributed by atoms with Crippen LogP contribution in [0.4, 0.5) is 0 Å². The van der Waals surface area contributed by atoms with Crippen molar-refractivity contribution >= 4 is 17.5 Å². The summed E-state index contributed by atoms with van der Waals surface area (Å²) in [6.07, 6.45) is 1.58. The minimum atomic E-state index is -1.05. The van der Waals surface area contributed by atoms with Crippen LogP contribution in [0, 0.1) is 5.92 Å². The second kappa shape index (κ2) is 6.12. The molecule has 0 saturated carbocycles. The number of benzene rings is 1. The van der Waals surface area contributed by atoms with Gasteiger partial charge in [-0.15, -0.1) is 0 Å². The lowest BCUT2D eigenvalue weighted by molar-refractivity contribution is -0.138. The summed E-state index contributed by atoms with van der Waals surface area (Å²) in [6.45, 7) is 1.45. The van der Waals surface area contributed by atoms with Crippen molar-refractivity contribution in [1.29, 1.82) is 0 Å². The average molecular weight is 309 g/mol. The Kier molecular flexibility index (Phi) is 4.02. The highest BCUT2D eigenvalue weighted by Crippen LogP contribution is 2.36. The van der Waals surface area contributed by atoms with E-state index in [-0.39, 0.29) is 23.6 Å². The molecule has 5 nitrogen and oxygen atoms in total. The molecule has 1 aromatic carbocycles. The van der Waals surface area contributed by atoms with Gasteiger partial charge >= 0.3 is 5.97 Å². The molecule has 1 aliphatic rings. The number of esters is 1. The van der Waals surface area contributed by atoms with Gasteiger partial charge < -0.3 is 9.53 Å². The molecule has 2 aromatic rings. The fourth-order valence-corrected chi connectivity index (χ4v) is 2.87. The van der Waals surface area contributed by atoms with Crippen molar-refractivity contribution in [2.75, 3.05) is 0 Å². The highest BCUT2D eigenvalue weighted by molar-refractivity contribution is 6.13. The van der Waals surface area contributed by atoms with Gasteiger partial charge in [-0.1, -0.05) is 30.3 Å². The lowest BCUT2D eigenvalue weighted by atomic mass is 9.78. The quantitative estimate of drug-likeness (QED) is 0.641. The molecule has 0 radical (unpaired) electrons. The van der Waals surface area contributed by atoms with Crippen LogP contribution in [-0.4, -0.2) is 22.5 Å². The molecule has 0 aliphatic carbocycles. The van der Waals surface area contributed by atoms with Gasteiger partial charge in [0.1, 0.15) is 17.4 Å². The molecule has 0 saturated heterocycles. The maximum absolute atomic E-state index is 12.7. The molecular weight excluding hydrogens is 294 g/mol. The molecule has 0 amide bonds. The van der Waals surface area contributed by atoms with Gasteiger partial charge in [0.15, 0.2) is 11.5 Å². The van der Waals surface area contributed by atoms with E-state index in [1.807, 2.05) is 30.3 Å². The normalized spacial score (nSPS) is 18.0. The number of hydrogen-bond donors (Lipinski definition) is 0. The summed E-state index contributed by atoms with van der Waals surface area (Å²) in [5, 5.41) is 0. The van der Waals surface area contributed by atoms with Crippen molar-refractivity contribution in [1.82, 2.24) is 4.98 Å². The van der Waals surface area contributed by atoms with Gasteiger partial charge in [0.05, 0.1) is 0 Å². The van der Waals surface area contributed by atoms with Crippen LogP contribution < -0.4 is 4.74 Å². The van der Waals surface area contributed by atoms with E-state index < -0.39 is 23.6 Å². The van der Waals surface area contributed by atoms with Crippen molar-refractivity contribution in [3.05, 3.63) is 59.9 Å². The second-order valence-electron chi connectivity index (χ2n) is 5.54. The summed E-state index contributed by atoms with van der Waals surface area (Å²) in [4.78, 5) is 40.8. The number of Topliss-reactive ketones (excluding diaryl/α,β-unsaturated/α-hetero) is 2. The van der Waals surface area contributed by atoms with Crippen LogP contribution in [-0.2, 0) is 9.59 Å². The van der Waals surface area contributed by atoms with Gasteiger partial charge in [0.2, 0.25) is 0 Å². The van der Waals surface area contributed by atoms with E-state index in [4.69, 9.17) is 4.74 Å². The molecule has 2 unspecified atom stereocenters. The smallest absolute Gasteiger partial charge is 0.323 e. The summed E-state index contributed by atoms with van der Waals surface area (Å²) in [5.74, 6) is -2.55. The SMILES string of the molecule is CC(=O)CC(c1ccccc1)C1C(=O)Oc2cccnc2C1=O. The number of carbonyl (C=O) groups is 3. The zero-order chi connectivity index (χ0) is 16.4. The minimum Gasteiger partial charge on any atom is -0.424 e. The van der Waals surface area contributed by atoms with Gasteiger partial charge in [-0.3, -0.25) is 9.59 Å². The maximum atomic E-state index is 12.7. The summed E-state index contributed by atoms with van der Waals surface area (Å²) in [7, 11) is 0. The summed E-state index contributed by atoms with van der Waals surface area (Å²) < 4.78 is 5.27. The summed E-state index contributed by atoms with van der Waals surface area (Å²) in [6, 6.07) is 12.2. The first kappa shape index (κ1) is 15.1. The molecule has 0 bridgehead atoms. The molecule has 0 spiro atoms. The molecule has 2 atom stereocenters. The highest BCUT2D eigenvalue weighted by atomic mass is 16.5. The van der Waals surface area contributed by atoms with E-state index in [1.54, 1.807) is 6.07 Å². The second-order valence-corrected chi connectivity index (χ2v) is 5.54. The third-order valence-corrected chi connectivity index (χ3v) is 3.89. The number of carbonyl (C=O) groups excluding carboxylic acids is 3. The maximum Gasteiger partial charge on any atom is 0.323 e. The predicted molar refractivity (Wildman–Crippen MR) is 82.2 cm³/mol. The van der Waals surface area contributed by atoms with E-state index in [1.165, 1.54) is 19.2 Å². The number of rotatable bonds is 4. The van der Waals surface area contributed by atoms with E-state index in [2.05, 4.69) is 4.98 Å². The average Bonchev–Trinajstić information content (AvgIpc) is 2.54. The number of pyridine rings is 1. The Morgan fingerprint density at radius 2 is 1.91 bits per heavy atom. The molecule has 5 heteroatoms. The number of hydrogen-bond acceptors (Lipinski definition) is 5. The first-order chi connectivity index (χ1) is 11.1. The molecule has 3 rings (SSSR count). The Bertz CT molecular complexity index is 770. The standard InChI is InChI=1S/C18H15NO4/c1-11(20)10-13(12-6-3-2-4-7-12)15-17(21)16-14(23-18(15)22)8-5-9-19-16/h2-9,13,15H,10H2,1H3. The van der Waals surface area contributed by atoms with Crippen molar-refractivity contribution in [3.63, 3.8) is 0 Å². The molecule has 1 aromatic heterocycles. The van der Waals surface area contributed by atoms with Gasteiger partial charge in [-0.05, 0) is 24.6 Å². The summed E-state index contributed by atoms with van der Waals surface area (Å²) in [5.41, 5.74) is 0.902. The molecular formula is C18H15NO4. The fourth-order valence-electron chi connectivity index (χ4n) is 2.87. The topological polar surface area (TPSA) is 73.3 Å². The highest BCUT2D eigenvalue weighted by Gasteiger charge is 2.43. The third-order valence-electron chi connectivity index (χ3n) is 3.89. The van der Waals surface area contributed by atoms with Crippen molar-refractivity contribution in [3.8, 4) is 5.75 Å². The predicted octanol–water partition coefficient (Wildman–Crippen LogP) is 2.56. The number of aromatic nitrogens is 1. The van der Waals surface area contributed by atoms with E-state index >= 15 is 0 Å². The van der Waals surface area contributed by atoms with E-state index in [0.29, 0.717) is 0 Å². The van der Waals surface area contributed by atoms with Crippen LogP contribution in [0.15, 0.2) is 48.7 Å². The van der Waals surface area contributed by atoms with E-state index in [9.17, 15) is 14.4 Å². The molecule has 0 fully saturated rings. The Morgan fingerprint density at radius 3 is 2.61 bits per heavy atom. The number of ether oxygens (including phenoxy) is 1. The van der Waals surface area contributed by atoms with Crippen LogP contribution in [0.25, 0.3) is 0 Å². The van der Waals surface area contributed by atoms with Gasteiger partial charge in [0.25, 0.3) is 0 Å². The Labute approximate surface area is 133 Å². The van der Waals surface area contributed by atoms with Crippen LogP contribution in [0.3, 0.4) is 0 Å². The molecule has 2 heterocycles. The summed E-state index contributed by atoms with van der Waals surface area (Å²) >= 11 is 0. The number of ketones is 2. The van der Waals surface area contributed by atoms with Crippen molar-refractivity contribution < 1.29 is 19.1 Å². The monoisotopic (exact) mass is 309 g/mol. The minimum absolute atomic E-state index is 0.0914. The van der Waals surface area contributed by atoms with Crippen molar-refractivity contribution in [2.24, 2.45) is 5.92 Å². The lowest BCUT2D eigenvalue weighted by Crippen LogP contribution is -2.38. The lowest BCUT2D eigenvalue weighted by Gasteiger charge is -2.27. The molecule has 0 N–H and O–H groups in total. The molecule has 23 heavy (non-hydrogen) atoms. The van der Waals surface area contributed by atoms with Crippen LogP contribution >= 0.6 is 0 Å². The zero-order valence-electron chi connectivity index (χ0n) is 12.6. The molecule has 116 valence electrons. The first-order valence-electron chi connectivity index (χ1n) is 7.33. The van der Waals surface area contributed by atoms with Crippen LogP contribution in [0.1, 0.15) is 35.3 Å². The van der Waals surface area contributed by atoms with Gasteiger partial charge in [-0.2, -0.15) is 0 Å². The zero-order valence-corrected chi connectivity index (χ0v) is 12.6. The largest absolute Gasteiger partial charge is 0.424 e. The van der Waals surface area contributed by atoms with Crippen LogP contribution in [0.5, 0.6) is 5.75 Å². The van der Waals surface area contributed by atoms with Gasteiger partial charge in [0, 0.05) is 18.5 Å². The van der Waals surface area contributed by atoms with Crippen molar-refractivity contribution in [2.45, 2.75) is 19.3 Å². The third kappa shape index (κ3) is 2.90. The van der Waals surface area contributed by atoms with Gasteiger partial charge in [-0.25, -0.2) is 4.98 Å². The van der Waals surface area contributed by atoms with Crippen LogP contribution in [0.2, 0.25) is 0 Å². The molecule has 1 aliphatic heterocycles. The number of nitrogens with zero attached hydrogens (tertiary/aromatic N) is 1. The Morgan fingerprint density at radius 1 is 1.17 bits per heavy atom. The first-order valence-corrected chi connectivity index (χ1v) is 7.33. The number of fused-ring (bicyclic) bond motifs is 1. The Balaban J connectivity index is 2.04.